The second-order valence-electron chi connectivity index (χ2n) is 6.37. The van der Waals surface area contributed by atoms with E-state index in [9.17, 15) is 25.0 Å². The van der Waals surface area contributed by atoms with E-state index in [1.807, 2.05) is 0 Å². The van der Waals surface area contributed by atoms with Crippen LogP contribution in [-0.2, 0) is 9.53 Å². The van der Waals surface area contributed by atoms with E-state index in [1.54, 1.807) is 0 Å². The molecule has 144 valence electrons. The van der Waals surface area contributed by atoms with Gasteiger partial charge in [-0.2, -0.15) is 5.26 Å². The predicted molar refractivity (Wildman–Crippen MR) is 94.1 cm³/mol. The SMILES string of the molecule is COc1ccc([N+](=O)[O-])cc1C(=O)OCC(=O)N(C)C1(C#N)CCCCC1. The Morgan fingerprint density at radius 2 is 2.00 bits per heavy atom. The minimum atomic E-state index is -0.910. The Hall–Kier alpha value is -3.15. The summed E-state index contributed by atoms with van der Waals surface area (Å²) in [6, 6.07) is 5.75. The van der Waals surface area contributed by atoms with Crippen molar-refractivity contribution < 1.29 is 24.0 Å². The third-order valence-electron chi connectivity index (χ3n) is 4.85. The second-order valence-corrected chi connectivity index (χ2v) is 6.37. The topological polar surface area (TPSA) is 123 Å². The fourth-order valence-corrected chi connectivity index (χ4v) is 3.17. The number of hydrogen-bond donors (Lipinski definition) is 0. The van der Waals surface area contributed by atoms with Gasteiger partial charge < -0.3 is 14.4 Å². The van der Waals surface area contributed by atoms with Gasteiger partial charge in [0.25, 0.3) is 11.6 Å². The molecule has 9 heteroatoms. The van der Waals surface area contributed by atoms with Gasteiger partial charge in [-0.25, -0.2) is 4.79 Å². The molecule has 1 aromatic rings. The number of carbonyl (C=O) groups is 2. The summed E-state index contributed by atoms with van der Waals surface area (Å²) in [6.07, 6.45) is 3.90. The molecular formula is C18H21N3O6. The largest absolute Gasteiger partial charge is 0.496 e. The molecule has 0 aromatic heterocycles. The zero-order valence-electron chi connectivity index (χ0n) is 15.3. The van der Waals surface area contributed by atoms with Crippen molar-refractivity contribution in [3.05, 3.63) is 33.9 Å². The van der Waals surface area contributed by atoms with Crippen molar-refractivity contribution in [2.24, 2.45) is 0 Å². The Labute approximate surface area is 156 Å². The van der Waals surface area contributed by atoms with Crippen LogP contribution in [0.3, 0.4) is 0 Å². The Morgan fingerprint density at radius 1 is 1.33 bits per heavy atom. The summed E-state index contributed by atoms with van der Waals surface area (Å²) in [5.41, 5.74) is -1.32. The molecule has 0 unspecified atom stereocenters. The predicted octanol–water partition coefficient (Wildman–Crippen LogP) is 2.45. The number of ether oxygens (including phenoxy) is 2. The number of benzene rings is 1. The van der Waals surface area contributed by atoms with Crippen molar-refractivity contribution in [3.8, 4) is 11.8 Å². The van der Waals surface area contributed by atoms with Gasteiger partial charge in [-0.1, -0.05) is 19.3 Å². The van der Waals surface area contributed by atoms with E-state index in [1.165, 1.54) is 31.2 Å². The highest BCUT2D eigenvalue weighted by Crippen LogP contribution is 2.32. The molecule has 1 saturated carbocycles. The maximum absolute atomic E-state index is 12.4. The summed E-state index contributed by atoms with van der Waals surface area (Å²) >= 11 is 0. The maximum atomic E-state index is 12.4. The van der Waals surface area contributed by atoms with Gasteiger partial charge in [-0.05, 0) is 18.9 Å². The maximum Gasteiger partial charge on any atom is 0.342 e. The van der Waals surface area contributed by atoms with Crippen molar-refractivity contribution in [1.29, 1.82) is 5.26 Å². The average molecular weight is 375 g/mol. The number of esters is 1. The highest BCUT2D eigenvalue weighted by atomic mass is 16.6. The van der Waals surface area contributed by atoms with E-state index in [-0.39, 0.29) is 17.0 Å². The summed E-state index contributed by atoms with van der Waals surface area (Å²) in [7, 11) is 2.84. The van der Waals surface area contributed by atoms with Crippen molar-refractivity contribution in [1.82, 2.24) is 4.90 Å². The van der Waals surface area contributed by atoms with E-state index in [4.69, 9.17) is 9.47 Å². The molecule has 0 spiro atoms. The second kappa shape index (κ2) is 8.49. The molecule has 1 aromatic carbocycles. The van der Waals surface area contributed by atoms with Crippen LogP contribution in [0.5, 0.6) is 5.75 Å². The zero-order chi connectivity index (χ0) is 20.0. The van der Waals surface area contributed by atoms with Crippen LogP contribution in [0.15, 0.2) is 18.2 Å². The fraction of sp³-hybridized carbons (Fsp3) is 0.500. The first-order valence-corrected chi connectivity index (χ1v) is 8.52. The molecule has 0 heterocycles. The minimum Gasteiger partial charge on any atom is -0.496 e. The first kappa shape index (κ1) is 20.2. The molecule has 0 radical (unpaired) electrons. The van der Waals surface area contributed by atoms with Gasteiger partial charge in [0.1, 0.15) is 16.9 Å². The van der Waals surface area contributed by atoms with Gasteiger partial charge in [-0.15, -0.1) is 0 Å². The number of nitro groups is 1. The third kappa shape index (κ3) is 4.34. The van der Waals surface area contributed by atoms with Crippen LogP contribution in [-0.4, -0.2) is 48.0 Å². The lowest BCUT2D eigenvalue weighted by Gasteiger charge is -2.38. The number of methoxy groups -OCH3 is 1. The molecular weight excluding hydrogens is 354 g/mol. The van der Waals surface area contributed by atoms with Crippen molar-refractivity contribution in [2.45, 2.75) is 37.6 Å². The van der Waals surface area contributed by atoms with Gasteiger partial charge in [0.05, 0.1) is 18.1 Å². The average Bonchev–Trinajstić information content (AvgIpc) is 2.70. The highest BCUT2D eigenvalue weighted by Gasteiger charge is 2.39. The van der Waals surface area contributed by atoms with Gasteiger partial charge in [0.2, 0.25) is 0 Å². The van der Waals surface area contributed by atoms with Crippen LogP contribution in [0, 0.1) is 21.4 Å². The summed E-state index contributed by atoms with van der Waals surface area (Å²) in [6.45, 7) is -0.565. The number of carbonyl (C=O) groups excluding carboxylic acids is 2. The molecule has 0 aliphatic heterocycles. The molecule has 27 heavy (non-hydrogen) atoms. The number of rotatable bonds is 6. The Bertz CT molecular complexity index is 780. The van der Waals surface area contributed by atoms with Crippen LogP contribution >= 0.6 is 0 Å². The third-order valence-corrected chi connectivity index (χ3v) is 4.85. The molecule has 0 atom stereocenters. The molecule has 9 nitrogen and oxygen atoms in total. The quantitative estimate of drug-likeness (QED) is 0.425. The summed E-state index contributed by atoms with van der Waals surface area (Å²) in [5, 5.41) is 20.4. The number of non-ortho nitro benzene ring substituents is 1. The Morgan fingerprint density at radius 3 is 2.56 bits per heavy atom. The minimum absolute atomic E-state index is 0.104. The number of nitrogens with zero attached hydrogens (tertiary/aromatic N) is 3. The zero-order valence-corrected chi connectivity index (χ0v) is 15.3. The highest BCUT2D eigenvalue weighted by molar-refractivity contribution is 5.94. The van der Waals surface area contributed by atoms with E-state index >= 15 is 0 Å². The van der Waals surface area contributed by atoms with Crippen molar-refractivity contribution >= 4 is 17.6 Å². The number of hydrogen-bond acceptors (Lipinski definition) is 7. The molecule has 2 rings (SSSR count). The lowest BCUT2D eigenvalue weighted by Crippen LogP contribution is -2.51. The van der Waals surface area contributed by atoms with Gasteiger partial charge >= 0.3 is 5.97 Å². The van der Waals surface area contributed by atoms with E-state index in [0.717, 1.165) is 25.3 Å². The van der Waals surface area contributed by atoms with Gasteiger partial charge in [-0.3, -0.25) is 14.9 Å². The molecule has 0 saturated heterocycles. The van der Waals surface area contributed by atoms with E-state index < -0.39 is 28.9 Å². The smallest absolute Gasteiger partial charge is 0.342 e. The molecule has 1 fully saturated rings. The summed E-state index contributed by atoms with van der Waals surface area (Å²) in [5.74, 6) is -1.31. The summed E-state index contributed by atoms with van der Waals surface area (Å²) in [4.78, 5) is 36.3. The van der Waals surface area contributed by atoms with Gasteiger partial charge in [0.15, 0.2) is 6.61 Å². The fourth-order valence-electron chi connectivity index (χ4n) is 3.17. The Balaban J connectivity index is 2.08. The number of nitro benzene ring substituents is 1. The number of amides is 1. The van der Waals surface area contributed by atoms with Crippen LogP contribution in [0.2, 0.25) is 0 Å². The van der Waals surface area contributed by atoms with Gasteiger partial charge in [0, 0.05) is 19.2 Å². The monoisotopic (exact) mass is 375 g/mol. The first-order valence-electron chi connectivity index (χ1n) is 8.52. The van der Waals surface area contributed by atoms with Crippen molar-refractivity contribution in [3.63, 3.8) is 0 Å². The van der Waals surface area contributed by atoms with Crippen LogP contribution < -0.4 is 4.74 Å². The molecule has 1 amide bonds. The van der Waals surface area contributed by atoms with Crippen LogP contribution in [0.25, 0.3) is 0 Å². The number of nitriles is 1. The van der Waals surface area contributed by atoms with E-state index in [2.05, 4.69) is 6.07 Å². The molecule has 0 bridgehead atoms. The first-order chi connectivity index (χ1) is 12.8. The molecule has 1 aliphatic carbocycles. The molecule has 0 N–H and O–H groups in total. The van der Waals surface area contributed by atoms with E-state index in [0.29, 0.717) is 12.8 Å². The van der Waals surface area contributed by atoms with Crippen LogP contribution in [0.4, 0.5) is 5.69 Å². The normalized spacial score (nSPS) is 15.3. The lowest BCUT2D eigenvalue weighted by molar-refractivity contribution is -0.384. The number of likely N-dealkylation sites (N-methyl/N-ethyl adjacent to an activating group) is 1. The van der Waals surface area contributed by atoms with Crippen LogP contribution in [0.1, 0.15) is 42.5 Å². The Kier molecular flexibility index (Phi) is 6.34. The molecule has 1 aliphatic rings. The lowest BCUT2D eigenvalue weighted by atomic mass is 9.81. The standard InChI is InChI=1S/C18H21N3O6/c1-20(18(12-19)8-4-3-5-9-18)16(22)11-27-17(23)14-10-13(21(24)25)6-7-15(14)26-2/h6-7,10H,3-5,8-9,11H2,1-2H3. The summed E-state index contributed by atoms with van der Waals surface area (Å²) < 4.78 is 10.0. The van der Waals surface area contributed by atoms with Crippen molar-refractivity contribution in [2.75, 3.05) is 20.8 Å².